The Hall–Kier alpha value is -0.940. The smallest absolute Gasteiger partial charge is 0.229 e. The van der Waals surface area contributed by atoms with Crippen LogP contribution in [0.25, 0.3) is 0 Å². The first-order chi connectivity index (χ1) is 6.88. The second kappa shape index (κ2) is 4.52. The second-order valence-electron chi connectivity index (χ2n) is 3.42. The quantitative estimate of drug-likeness (QED) is 0.754. The lowest BCUT2D eigenvalue weighted by molar-refractivity contribution is 0.104. The summed E-state index contributed by atoms with van der Waals surface area (Å²) in [6.07, 6.45) is 3.56. The van der Waals surface area contributed by atoms with Crippen molar-refractivity contribution in [2.45, 2.75) is 31.8 Å². The highest BCUT2D eigenvalue weighted by Crippen LogP contribution is 2.16. The first-order valence-electron chi connectivity index (χ1n) is 4.92. The molecule has 5 heteroatoms. The molecule has 0 bridgehead atoms. The number of aliphatic hydroxyl groups excluding tert-OH is 1. The van der Waals surface area contributed by atoms with Gasteiger partial charge in [0, 0.05) is 13.0 Å². The van der Waals surface area contributed by atoms with Crippen LogP contribution in [0.1, 0.15) is 24.6 Å². The molecule has 0 amide bonds. The molecular formula is C9H14N2O3. The van der Waals surface area contributed by atoms with Gasteiger partial charge in [0.25, 0.3) is 0 Å². The van der Waals surface area contributed by atoms with E-state index in [2.05, 4.69) is 10.1 Å². The van der Waals surface area contributed by atoms with Gasteiger partial charge in [0.05, 0.1) is 19.1 Å². The number of hydrogen-bond acceptors (Lipinski definition) is 5. The first kappa shape index (κ1) is 9.61. The molecule has 2 heterocycles. The molecule has 0 radical (unpaired) electrons. The Morgan fingerprint density at radius 1 is 1.50 bits per heavy atom. The molecule has 1 N–H and O–H groups in total. The van der Waals surface area contributed by atoms with E-state index in [1.807, 2.05) is 0 Å². The zero-order valence-electron chi connectivity index (χ0n) is 7.98. The predicted molar refractivity (Wildman–Crippen MR) is 47.8 cm³/mol. The Balaban J connectivity index is 1.88. The van der Waals surface area contributed by atoms with Gasteiger partial charge in [-0.15, -0.1) is 0 Å². The van der Waals surface area contributed by atoms with Crippen LogP contribution in [-0.4, -0.2) is 34.6 Å². The number of hydrogen-bond donors (Lipinski definition) is 1. The van der Waals surface area contributed by atoms with Crippen LogP contribution in [0.3, 0.4) is 0 Å². The van der Waals surface area contributed by atoms with E-state index in [1.54, 1.807) is 0 Å². The van der Waals surface area contributed by atoms with Crippen molar-refractivity contribution >= 4 is 0 Å². The normalized spacial score (nSPS) is 21.6. The van der Waals surface area contributed by atoms with Crippen molar-refractivity contribution in [1.82, 2.24) is 10.1 Å². The molecule has 14 heavy (non-hydrogen) atoms. The van der Waals surface area contributed by atoms with Crippen molar-refractivity contribution in [3.05, 3.63) is 11.7 Å². The summed E-state index contributed by atoms with van der Waals surface area (Å²) in [5.41, 5.74) is 0. The molecule has 1 unspecified atom stereocenters. The van der Waals surface area contributed by atoms with Crippen LogP contribution in [0.5, 0.6) is 0 Å². The highest BCUT2D eigenvalue weighted by atomic mass is 16.5. The fourth-order valence-electron chi connectivity index (χ4n) is 1.57. The van der Waals surface area contributed by atoms with Gasteiger partial charge in [0.15, 0.2) is 5.82 Å². The minimum absolute atomic E-state index is 0.0545. The van der Waals surface area contributed by atoms with E-state index >= 15 is 0 Å². The van der Waals surface area contributed by atoms with Crippen LogP contribution in [0.15, 0.2) is 4.52 Å². The fourth-order valence-corrected chi connectivity index (χ4v) is 1.57. The monoisotopic (exact) mass is 198 g/mol. The van der Waals surface area contributed by atoms with Crippen LogP contribution in [0.2, 0.25) is 0 Å². The van der Waals surface area contributed by atoms with Gasteiger partial charge in [-0.3, -0.25) is 0 Å². The summed E-state index contributed by atoms with van der Waals surface area (Å²) in [4.78, 5) is 4.15. The van der Waals surface area contributed by atoms with E-state index in [-0.39, 0.29) is 12.7 Å². The summed E-state index contributed by atoms with van der Waals surface area (Å²) in [5, 5.41) is 12.4. The number of nitrogens with zero attached hydrogens (tertiary/aromatic N) is 2. The summed E-state index contributed by atoms with van der Waals surface area (Å²) in [7, 11) is 0. The van der Waals surface area contributed by atoms with Crippen LogP contribution in [0, 0.1) is 0 Å². The Morgan fingerprint density at radius 3 is 3.14 bits per heavy atom. The average Bonchev–Trinajstić information content (AvgIpc) is 2.79. The lowest BCUT2D eigenvalue weighted by atomic mass is 10.2. The summed E-state index contributed by atoms with van der Waals surface area (Å²) in [6, 6.07) is 0. The van der Waals surface area contributed by atoms with E-state index in [1.165, 1.54) is 0 Å². The minimum Gasteiger partial charge on any atom is -0.396 e. The number of ether oxygens (including phenoxy) is 1. The Kier molecular flexibility index (Phi) is 3.10. The molecule has 0 aromatic carbocycles. The molecule has 1 fully saturated rings. The average molecular weight is 198 g/mol. The minimum atomic E-state index is 0.0545. The number of rotatable bonds is 4. The largest absolute Gasteiger partial charge is 0.396 e. The molecule has 0 saturated carbocycles. The third-order valence-corrected chi connectivity index (χ3v) is 2.27. The van der Waals surface area contributed by atoms with Crippen LogP contribution >= 0.6 is 0 Å². The van der Waals surface area contributed by atoms with E-state index in [0.717, 1.165) is 19.4 Å². The molecule has 0 spiro atoms. The SMILES string of the molecule is OCCc1noc(CC2CCCO2)n1. The van der Waals surface area contributed by atoms with Gasteiger partial charge in [-0.2, -0.15) is 4.98 Å². The van der Waals surface area contributed by atoms with Crippen molar-refractivity contribution in [3.63, 3.8) is 0 Å². The maximum Gasteiger partial charge on any atom is 0.229 e. The standard InChI is InChI=1S/C9H14N2O3/c12-4-3-8-10-9(14-11-8)6-7-2-1-5-13-7/h7,12H,1-6H2. The molecular weight excluding hydrogens is 184 g/mol. The van der Waals surface area contributed by atoms with Crippen molar-refractivity contribution in [3.8, 4) is 0 Å². The van der Waals surface area contributed by atoms with Gasteiger partial charge in [0.2, 0.25) is 5.89 Å². The van der Waals surface area contributed by atoms with Crippen molar-refractivity contribution in [1.29, 1.82) is 0 Å². The molecule has 1 aromatic heterocycles. The Bertz CT molecular complexity index is 281. The van der Waals surface area contributed by atoms with Gasteiger partial charge < -0.3 is 14.4 Å². The first-order valence-corrected chi connectivity index (χ1v) is 4.92. The zero-order valence-corrected chi connectivity index (χ0v) is 7.98. The van der Waals surface area contributed by atoms with Crippen LogP contribution in [0.4, 0.5) is 0 Å². The van der Waals surface area contributed by atoms with Gasteiger partial charge in [0.1, 0.15) is 0 Å². The van der Waals surface area contributed by atoms with Crippen molar-refractivity contribution in [2.75, 3.05) is 13.2 Å². The Labute approximate surface area is 82.1 Å². The highest BCUT2D eigenvalue weighted by Gasteiger charge is 2.19. The van der Waals surface area contributed by atoms with Gasteiger partial charge >= 0.3 is 0 Å². The van der Waals surface area contributed by atoms with Crippen LogP contribution in [-0.2, 0) is 17.6 Å². The maximum atomic E-state index is 8.67. The number of aromatic nitrogens is 2. The van der Waals surface area contributed by atoms with E-state index in [0.29, 0.717) is 24.6 Å². The molecule has 78 valence electrons. The highest BCUT2D eigenvalue weighted by molar-refractivity contribution is 4.89. The van der Waals surface area contributed by atoms with E-state index in [9.17, 15) is 0 Å². The molecule has 1 atom stereocenters. The predicted octanol–water partition coefficient (Wildman–Crippen LogP) is 0.326. The summed E-state index contributed by atoms with van der Waals surface area (Å²) in [6.45, 7) is 0.890. The molecule has 1 aromatic rings. The second-order valence-corrected chi connectivity index (χ2v) is 3.42. The third kappa shape index (κ3) is 2.30. The Morgan fingerprint density at radius 2 is 2.43 bits per heavy atom. The molecule has 1 aliphatic heterocycles. The molecule has 2 rings (SSSR count). The summed E-state index contributed by atoms with van der Waals surface area (Å²) >= 11 is 0. The topological polar surface area (TPSA) is 68.4 Å². The fraction of sp³-hybridized carbons (Fsp3) is 0.778. The third-order valence-electron chi connectivity index (χ3n) is 2.27. The lowest BCUT2D eigenvalue weighted by Crippen LogP contribution is -2.09. The van der Waals surface area contributed by atoms with Crippen LogP contribution < -0.4 is 0 Å². The number of aliphatic hydroxyl groups is 1. The van der Waals surface area contributed by atoms with Gasteiger partial charge in [-0.25, -0.2) is 0 Å². The summed E-state index contributed by atoms with van der Waals surface area (Å²) in [5.74, 6) is 1.18. The van der Waals surface area contributed by atoms with E-state index in [4.69, 9.17) is 14.4 Å². The molecule has 1 aliphatic rings. The van der Waals surface area contributed by atoms with Gasteiger partial charge in [-0.05, 0) is 12.8 Å². The van der Waals surface area contributed by atoms with Crippen molar-refractivity contribution in [2.24, 2.45) is 0 Å². The molecule has 0 aliphatic carbocycles. The molecule has 5 nitrogen and oxygen atoms in total. The lowest BCUT2D eigenvalue weighted by Gasteiger charge is -2.03. The van der Waals surface area contributed by atoms with E-state index < -0.39 is 0 Å². The zero-order chi connectivity index (χ0) is 9.80. The summed E-state index contributed by atoms with van der Waals surface area (Å²) < 4.78 is 10.5. The van der Waals surface area contributed by atoms with Gasteiger partial charge in [-0.1, -0.05) is 5.16 Å². The maximum absolute atomic E-state index is 8.67. The molecule has 1 saturated heterocycles. The van der Waals surface area contributed by atoms with Crippen molar-refractivity contribution < 1.29 is 14.4 Å².